The number of carbonyl (C=O) groups is 2. The molecule has 3 aromatic rings. The molecule has 1 saturated heterocycles. The van der Waals surface area contributed by atoms with Crippen molar-refractivity contribution in [3.8, 4) is 0 Å². The topological polar surface area (TPSA) is 87.2 Å². The second-order valence-electron chi connectivity index (χ2n) is 7.32. The van der Waals surface area contributed by atoms with E-state index in [2.05, 4.69) is 10.3 Å². The molecule has 0 atom stereocenters. The monoisotopic (exact) mass is 392 g/mol. The third kappa shape index (κ3) is 3.81. The third-order valence-corrected chi connectivity index (χ3v) is 5.46. The Morgan fingerprint density at radius 3 is 2.62 bits per heavy atom. The molecule has 2 aromatic carbocycles. The van der Waals surface area contributed by atoms with Crippen molar-refractivity contribution in [1.82, 2.24) is 14.5 Å². The zero-order valence-electron chi connectivity index (χ0n) is 16.4. The highest BCUT2D eigenvalue weighted by Crippen LogP contribution is 2.26. The fourth-order valence-electron chi connectivity index (χ4n) is 3.93. The van der Waals surface area contributed by atoms with E-state index in [0.29, 0.717) is 30.8 Å². The van der Waals surface area contributed by atoms with Gasteiger partial charge in [0.15, 0.2) is 0 Å². The molecule has 2 amide bonds. The average molecular weight is 392 g/mol. The van der Waals surface area contributed by atoms with Crippen molar-refractivity contribution in [2.24, 2.45) is 0 Å². The average Bonchev–Trinajstić information content (AvgIpc) is 3.09. The highest BCUT2D eigenvalue weighted by atomic mass is 16.2. The Bertz CT molecular complexity index is 1110. The van der Waals surface area contributed by atoms with Crippen molar-refractivity contribution in [2.45, 2.75) is 32.2 Å². The number of amides is 2. The minimum Gasteiger partial charge on any atom is -0.338 e. The number of fused-ring (bicyclic) bond motifs is 1. The van der Waals surface area contributed by atoms with Gasteiger partial charge in [0.05, 0.1) is 11.0 Å². The number of para-hydroxylation sites is 2. The second kappa shape index (κ2) is 7.95. The van der Waals surface area contributed by atoms with Crippen molar-refractivity contribution in [3.63, 3.8) is 0 Å². The zero-order valence-corrected chi connectivity index (χ0v) is 16.4. The molecule has 29 heavy (non-hydrogen) atoms. The maximum absolute atomic E-state index is 12.9. The minimum absolute atomic E-state index is 0.0534. The number of anilines is 1. The standard InChI is InChI=1S/C22H24N4O3/c1-2-20(27)23-16-7-5-6-15(14-16)21(28)25-12-10-17(11-13-25)26-19-9-4-3-8-18(19)24-22(26)29/h3-9,14,17H,2,10-13H2,1H3,(H,23,27)(H,24,29). The zero-order chi connectivity index (χ0) is 20.4. The molecule has 1 aromatic heterocycles. The van der Waals surface area contributed by atoms with Gasteiger partial charge < -0.3 is 15.2 Å². The van der Waals surface area contributed by atoms with E-state index in [4.69, 9.17) is 0 Å². The lowest BCUT2D eigenvalue weighted by atomic mass is 10.0. The van der Waals surface area contributed by atoms with E-state index in [1.165, 1.54) is 0 Å². The van der Waals surface area contributed by atoms with Crippen LogP contribution in [0.4, 0.5) is 5.69 Å². The number of hydrogen-bond donors (Lipinski definition) is 2. The molecular formula is C22H24N4O3. The first kappa shape index (κ1) is 19.0. The number of aromatic nitrogens is 2. The lowest BCUT2D eigenvalue weighted by Gasteiger charge is -2.32. The summed E-state index contributed by atoms with van der Waals surface area (Å²) in [6, 6.07) is 14.8. The smallest absolute Gasteiger partial charge is 0.326 e. The summed E-state index contributed by atoms with van der Waals surface area (Å²) in [6.07, 6.45) is 1.83. The summed E-state index contributed by atoms with van der Waals surface area (Å²) in [5.74, 6) is -0.137. The molecule has 0 aliphatic carbocycles. The van der Waals surface area contributed by atoms with Crippen LogP contribution in [0.25, 0.3) is 11.0 Å². The molecule has 1 fully saturated rings. The van der Waals surface area contributed by atoms with E-state index in [9.17, 15) is 14.4 Å². The molecule has 1 aliphatic heterocycles. The summed E-state index contributed by atoms with van der Waals surface area (Å²) >= 11 is 0. The number of likely N-dealkylation sites (tertiary alicyclic amines) is 1. The van der Waals surface area contributed by atoms with E-state index in [1.54, 1.807) is 31.2 Å². The van der Waals surface area contributed by atoms with E-state index < -0.39 is 0 Å². The lowest BCUT2D eigenvalue weighted by molar-refractivity contribution is -0.115. The van der Waals surface area contributed by atoms with Gasteiger partial charge in [0.25, 0.3) is 5.91 Å². The molecule has 0 spiro atoms. The normalized spacial score (nSPS) is 14.9. The first-order valence-electron chi connectivity index (χ1n) is 9.95. The molecule has 0 bridgehead atoms. The predicted octanol–water partition coefficient (Wildman–Crippen LogP) is 3.16. The van der Waals surface area contributed by atoms with Gasteiger partial charge in [0.1, 0.15) is 0 Å². The van der Waals surface area contributed by atoms with Crippen molar-refractivity contribution < 1.29 is 9.59 Å². The summed E-state index contributed by atoms with van der Waals surface area (Å²) in [5.41, 5.74) is 2.82. The molecule has 0 saturated carbocycles. The van der Waals surface area contributed by atoms with Crippen LogP contribution >= 0.6 is 0 Å². The fraction of sp³-hybridized carbons (Fsp3) is 0.318. The highest BCUT2D eigenvalue weighted by molar-refractivity contribution is 5.97. The van der Waals surface area contributed by atoms with Crippen LogP contribution in [0.15, 0.2) is 53.3 Å². The first-order chi connectivity index (χ1) is 14.1. The fourth-order valence-corrected chi connectivity index (χ4v) is 3.93. The highest BCUT2D eigenvalue weighted by Gasteiger charge is 2.26. The molecule has 7 heteroatoms. The molecule has 7 nitrogen and oxygen atoms in total. The number of piperidine rings is 1. The molecule has 0 radical (unpaired) electrons. The molecule has 1 aliphatic rings. The summed E-state index contributed by atoms with van der Waals surface area (Å²) in [7, 11) is 0. The van der Waals surface area contributed by atoms with Gasteiger partial charge in [0, 0.05) is 36.8 Å². The molecule has 2 N–H and O–H groups in total. The number of aromatic amines is 1. The Hall–Kier alpha value is -3.35. The third-order valence-electron chi connectivity index (χ3n) is 5.46. The molecular weight excluding hydrogens is 368 g/mol. The van der Waals surface area contributed by atoms with E-state index >= 15 is 0 Å². The summed E-state index contributed by atoms with van der Waals surface area (Å²) in [6.45, 7) is 2.95. The number of H-pyrrole nitrogens is 1. The van der Waals surface area contributed by atoms with Crippen LogP contribution in [0, 0.1) is 0 Å². The number of rotatable bonds is 4. The van der Waals surface area contributed by atoms with Crippen LogP contribution in [-0.2, 0) is 4.79 Å². The Labute approximate surface area is 168 Å². The summed E-state index contributed by atoms with van der Waals surface area (Å²) in [5, 5.41) is 2.79. The number of carbonyl (C=O) groups excluding carboxylic acids is 2. The van der Waals surface area contributed by atoms with Crippen LogP contribution in [0.3, 0.4) is 0 Å². The van der Waals surface area contributed by atoms with Crippen molar-refractivity contribution >= 4 is 28.5 Å². The number of nitrogens with one attached hydrogen (secondary N) is 2. The SMILES string of the molecule is CCC(=O)Nc1cccc(C(=O)N2CCC(n3c(=O)[nH]c4ccccc43)CC2)c1. The summed E-state index contributed by atoms with van der Waals surface area (Å²) < 4.78 is 1.82. The lowest BCUT2D eigenvalue weighted by Crippen LogP contribution is -2.40. The maximum Gasteiger partial charge on any atom is 0.326 e. The Morgan fingerprint density at radius 2 is 1.86 bits per heavy atom. The van der Waals surface area contributed by atoms with Gasteiger partial charge in [-0.25, -0.2) is 4.79 Å². The molecule has 4 rings (SSSR count). The van der Waals surface area contributed by atoms with Gasteiger partial charge in [-0.1, -0.05) is 25.1 Å². The Morgan fingerprint density at radius 1 is 1.10 bits per heavy atom. The van der Waals surface area contributed by atoms with E-state index in [0.717, 1.165) is 23.9 Å². The van der Waals surface area contributed by atoms with Crippen LogP contribution in [0.2, 0.25) is 0 Å². The molecule has 2 heterocycles. The van der Waals surface area contributed by atoms with Crippen molar-refractivity contribution in [3.05, 3.63) is 64.6 Å². The van der Waals surface area contributed by atoms with Crippen molar-refractivity contribution in [1.29, 1.82) is 0 Å². The number of benzene rings is 2. The van der Waals surface area contributed by atoms with Gasteiger partial charge >= 0.3 is 5.69 Å². The number of hydrogen-bond acceptors (Lipinski definition) is 3. The van der Waals surface area contributed by atoms with Crippen LogP contribution in [0.1, 0.15) is 42.6 Å². The minimum atomic E-state index is -0.102. The molecule has 150 valence electrons. The quantitative estimate of drug-likeness (QED) is 0.715. The largest absolute Gasteiger partial charge is 0.338 e. The van der Waals surface area contributed by atoms with Gasteiger partial charge in [-0.3, -0.25) is 14.2 Å². The predicted molar refractivity (Wildman–Crippen MR) is 112 cm³/mol. The van der Waals surface area contributed by atoms with Crippen LogP contribution in [-0.4, -0.2) is 39.4 Å². The van der Waals surface area contributed by atoms with Gasteiger partial charge in [0.2, 0.25) is 5.91 Å². The van der Waals surface area contributed by atoms with E-state index in [-0.39, 0.29) is 23.5 Å². The maximum atomic E-state index is 12.9. The van der Waals surface area contributed by atoms with Crippen molar-refractivity contribution in [2.75, 3.05) is 18.4 Å². The number of imidazole rings is 1. The second-order valence-corrected chi connectivity index (χ2v) is 7.32. The molecule has 0 unspecified atom stereocenters. The van der Waals surface area contributed by atoms with Gasteiger partial charge in [-0.05, 0) is 43.2 Å². The first-order valence-corrected chi connectivity index (χ1v) is 9.95. The van der Waals surface area contributed by atoms with Crippen LogP contribution in [0.5, 0.6) is 0 Å². The van der Waals surface area contributed by atoms with Gasteiger partial charge in [-0.2, -0.15) is 0 Å². The Balaban J connectivity index is 1.46. The summed E-state index contributed by atoms with van der Waals surface area (Å²) in [4.78, 5) is 41.7. The Kier molecular flexibility index (Phi) is 5.20. The van der Waals surface area contributed by atoms with Crippen LogP contribution < -0.4 is 11.0 Å². The van der Waals surface area contributed by atoms with Gasteiger partial charge in [-0.15, -0.1) is 0 Å². The number of nitrogens with zero attached hydrogens (tertiary/aromatic N) is 2. The van der Waals surface area contributed by atoms with E-state index in [1.807, 2.05) is 33.7 Å².